The van der Waals surface area contributed by atoms with Crippen molar-refractivity contribution in [3.8, 4) is 0 Å². The number of nitrogens with two attached hydrogens (primary N) is 1. The highest BCUT2D eigenvalue weighted by atomic mass is 32.2. The summed E-state index contributed by atoms with van der Waals surface area (Å²) in [4.78, 5) is 11.9. The van der Waals surface area contributed by atoms with Crippen molar-refractivity contribution in [2.45, 2.75) is 38.1 Å². The van der Waals surface area contributed by atoms with Crippen LogP contribution in [0.25, 0.3) is 0 Å². The average Bonchev–Trinajstić information content (AvgIpc) is 2.59. The minimum atomic E-state index is -3.39. The van der Waals surface area contributed by atoms with Gasteiger partial charge in [0.1, 0.15) is 0 Å². The van der Waals surface area contributed by atoms with Crippen LogP contribution in [0.5, 0.6) is 0 Å². The smallest absolute Gasteiger partial charge is 0.220 e. The van der Waals surface area contributed by atoms with E-state index >= 15 is 0 Å². The van der Waals surface area contributed by atoms with E-state index in [9.17, 15) is 13.2 Å². The molecule has 3 N–H and O–H groups in total. The molecule has 7 nitrogen and oxygen atoms in total. The molecule has 1 unspecified atom stereocenters. The third-order valence-corrected chi connectivity index (χ3v) is 5.95. The van der Waals surface area contributed by atoms with Crippen molar-refractivity contribution in [2.75, 3.05) is 26.3 Å². The quantitative estimate of drug-likeness (QED) is 0.698. The van der Waals surface area contributed by atoms with Gasteiger partial charge in [-0.3, -0.25) is 4.79 Å². The molecule has 1 aromatic carbocycles. The largest absolute Gasteiger partial charge is 0.379 e. The van der Waals surface area contributed by atoms with Crippen molar-refractivity contribution >= 4 is 15.9 Å². The van der Waals surface area contributed by atoms with Gasteiger partial charge in [-0.1, -0.05) is 24.3 Å². The van der Waals surface area contributed by atoms with Gasteiger partial charge in [0.15, 0.2) is 0 Å². The van der Waals surface area contributed by atoms with Gasteiger partial charge < -0.3 is 15.8 Å². The molecule has 0 bridgehead atoms. The number of ether oxygens (including phenoxy) is 1. The third kappa shape index (κ3) is 6.39. The summed E-state index contributed by atoms with van der Waals surface area (Å²) in [6.07, 6.45) is 0.991. The molecule has 1 aromatic rings. The molecule has 0 saturated carbocycles. The number of hydrogen-bond acceptors (Lipinski definition) is 5. The number of nitrogens with one attached hydrogen (secondary N) is 1. The second kappa shape index (κ2) is 9.28. The number of amides is 1. The van der Waals surface area contributed by atoms with Crippen LogP contribution in [-0.4, -0.2) is 51.0 Å². The molecular weight excluding hydrogens is 342 g/mol. The summed E-state index contributed by atoms with van der Waals surface area (Å²) in [5.41, 5.74) is 7.18. The lowest BCUT2D eigenvalue weighted by atomic mass is 10.1. The Hall–Kier alpha value is -1.48. The number of carbonyl (C=O) groups is 1. The highest BCUT2D eigenvalue weighted by Crippen LogP contribution is 2.16. The number of hydrogen-bond donors (Lipinski definition) is 2. The van der Waals surface area contributed by atoms with Gasteiger partial charge >= 0.3 is 0 Å². The van der Waals surface area contributed by atoms with Gasteiger partial charge in [-0.25, -0.2) is 8.42 Å². The van der Waals surface area contributed by atoms with E-state index in [-0.39, 0.29) is 17.7 Å². The van der Waals surface area contributed by atoms with Crippen LogP contribution in [0.15, 0.2) is 24.3 Å². The van der Waals surface area contributed by atoms with Crippen LogP contribution in [0.1, 0.15) is 30.9 Å². The molecule has 0 aliphatic carbocycles. The molecule has 1 atom stereocenters. The lowest BCUT2D eigenvalue weighted by Gasteiger charge is -2.26. The SMILES string of the molecule is CC(N)CCC(=O)NCc1ccccc1CS(=O)(=O)N1CCOCC1. The zero-order valence-electron chi connectivity index (χ0n) is 14.6. The molecule has 140 valence electrons. The minimum Gasteiger partial charge on any atom is -0.379 e. The van der Waals surface area contributed by atoms with E-state index in [1.165, 1.54) is 4.31 Å². The summed E-state index contributed by atoms with van der Waals surface area (Å²) in [7, 11) is -3.39. The standard InChI is InChI=1S/C17H27N3O4S/c1-14(18)6-7-17(21)19-12-15-4-2-3-5-16(15)13-25(22,23)20-8-10-24-11-9-20/h2-5,14H,6-13,18H2,1H3,(H,19,21). The molecule has 1 aliphatic heterocycles. The first-order valence-electron chi connectivity index (χ1n) is 8.53. The Bertz CT molecular complexity index is 670. The molecule has 1 fully saturated rings. The van der Waals surface area contributed by atoms with E-state index in [1.807, 2.05) is 25.1 Å². The van der Waals surface area contributed by atoms with Crippen LogP contribution >= 0.6 is 0 Å². The number of nitrogens with zero attached hydrogens (tertiary/aromatic N) is 1. The predicted octanol–water partition coefficient (Wildman–Crippen LogP) is 0.592. The van der Waals surface area contributed by atoms with Gasteiger partial charge in [0.25, 0.3) is 0 Å². The summed E-state index contributed by atoms with van der Waals surface area (Å²) < 4.78 is 31.9. The van der Waals surface area contributed by atoms with Gasteiger partial charge in [-0.2, -0.15) is 4.31 Å². The number of morpholine rings is 1. The van der Waals surface area contributed by atoms with Crippen LogP contribution in [0.3, 0.4) is 0 Å². The summed E-state index contributed by atoms with van der Waals surface area (Å²) in [6, 6.07) is 7.27. The fourth-order valence-electron chi connectivity index (χ4n) is 2.62. The lowest BCUT2D eigenvalue weighted by Crippen LogP contribution is -2.41. The zero-order valence-corrected chi connectivity index (χ0v) is 15.4. The topological polar surface area (TPSA) is 102 Å². The maximum atomic E-state index is 12.6. The maximum Gasteiger partial charge on any atom is 0.220 e. The summed E-state index contributed by atoms with van der Waals surface area (Å²) in [5.74, 6) is -0.151. The Morgan fingerprint density at radius 1 is 1.28 bits per heavy atom. The van der Waals surface area contributed by atoms with Crippen LogP contribution in [0.4, 0.5) is 0 Å². The van der Waals surface area contributed by atoms with Crippen molar-refractivity contribution in [1.82, 2.24) is 9.62 Å². The van der Waals surface area contributed by atoms with Crippen LogP contribution in [-0.2, 0) is 31.9 Å². The number of carbonyl (C=O) groups excluding carboxylic acids is 1. The van der Waals surface area contributed by atoms with E-state index in [0.29, 0.717) is 51.3 Å². The first kappa shape index (κ1) is 19.8. The van der Waals surface area contributed by atoms with Crippen molar-refractivity contribution in [3.63, 3.8) is 0 Å². The second-order valence-electron chi connectivity index (χ2n) is 6.33. The number of benzene rings is 1. The fourth-order valence-corrected chi connectivity index (χ4v) is 4.19. The highest BCUT2D eigenvalue weighted by molar-refractivity contribution is 7.88. The Labute approximate surface area is 149 Å². The van der Waals surface area contributed by atoms with Gasteiger partial charge in [-0.05, 0) is 24.5 Å². The molecule has 0 aromatic heterocycles. The van der Waals surface area contributed by atoms with Crippen LogP contribution < -0.4 is 11.1 Å². The Balaban J connectivity index is 1.98. The molecule has 25 heavy (non-hydrogen) atoms. The number of sulfonamides is 1. The Kier molecular flexibility index (Phi) is 7.37. The number of rotatable bonds is 8. The monoisotopic (exact) mass is 369 g/mol. The Morgan fingerprint density at radius 3 is 2.56 bits per heavy atom. The van der Waals surface area contributed by atoms with Crippen molar-refractivity contribution < 1.29 is 17.9 Å². The molecule has 1 amide bonds. The zero-order chi connectivity index (χ0) is 18.3. The normalized spacial score (nSPS) is 17.2. The molecule has 0 radical (unpaired) electrons. The van der Waals surface area contributed by atoms with Gasteiger partial charge in [0.05, 0.1) is 19.0 Å². The van der Waals surface area contributed by atoms with E-state index in [2.05, 4.69) is 5.32 Å². The first-order valence-corrected chi connectivity index (χ1v) is 10.1. The van der Waals surface area contributed by atoms with E-state index < -0.39 is 10.0 Å². The predicted molar refractivity (Wildman–Crippen MR) is 96.2 cm³/mol. The van der Waals surface area contributed by atoms with Gasteiger partial charge in [-0.15, -0.1) is 0 Å². The fraction of sp³-hybridized carbons (Fsp3) is 0.588. The lowest BCUT2D eigenvalue weighted by molar-refractivity contribution is -0.121. The molecule has 2 rings (SSSR count). The Morgan fingerprint density at radius 2 is 1.92 bits per heavy atom. The van der Waals surface area contributed by atoms with Crippen molar-refractivity contribution in [2.24, 2.45) is 5.73 Å². The second-order valence-corrected chi connectivity index (χ2v) is 8.30. The molecule has 1 heterocycles. The molecule has 1 saturated heterocycles. The molecule has 0 spiro atoms. The van der Waals surface area contributed by atoms with E-state index in [1.54, 1.807) is 6.07 Å². The summed E-state index contributed by atoms with van der Waals surface area (Å²) in [5, 5.41) is 2.84. The van der Waals surface area contributed by atoms with Gasteiger partial charge in [0, 0.05) is 32.1 Å². The summed E-state index contributed by atoms with van der Waals surface area (Å²) in [6.45, 7) is 3.80. The summed E-state index contributed by atoms with van der Waals surface area (Å²) >= 11 is 0. The van der Waals surface area contributed by atoms with Crippen molar-refractivity contribution in [3.05, 3.63) is 35.4 Å². The average molecular weight is 369 g/mol. The molecule has 1 aliphatic rings. The minimum absolute atomic E-state index is 0.0169. The van der Waals surface area contributed by atoms with E-state index in [4.69, 9.17) is 10.5 Å². The van der Waals surface area contributed by atoms with Gasteiger partial charge in [0.2, 0.25) is 15.9 Å². The molecular formula is C17H27N3O4S. The highest BCUT2D eigenvalue weighted by Gasteiger charge is 2.25. The van der Waals surface area contributed by atoms with Crippen LogP contribution in [0, 0.1) is 0 Å². The van der Waals surface area contributed by atoms with E-state index in [0.717, 1.165) is 5.56 Å². The maximum absolute atomic E-state index is 12.6. The third-order valence-electron chi connectivity index (χ3n) is 4.12. The first-order chi connectivity index (χ1) is 11.9. The molecule has 8 heteroatoms. The van der Waals surface area contributed by atoms with Crippen LogP contribution in [0.2, 0.25) is 0 Å². The van der Waals surface area contributed by atoms with Crippen molar-refractivity contribution in [1.29, 1.82) is 0 Å².